The maximum atomic E-state index is 5.44. The number of pyridine rings is 1. The summed E-state index contributed by atoms with van der Waals surface area (Å²) in [5.41, 5.74) is 2.15. The third-order valence-electron chi connectivity index (χ3n) is 3.60. The Hall–Kier alpha value is -1.17. The number of nitrogens with one attached hydrogen (secondary N) is 1. The molecule has 1 saturated heterocycles. The van der Waals surface area contributed by atoms with E-state index in [1.807, 2.05) is 6.07 Å². The Bertz CT molecular complexity index is 598. The van der Waals surface area contributed by atoms with Crippen molar-refractivity contribution in [1.29, 1.82) is 0 Å². The second-order valence-corrected chi connectivity index (χ2v) is 7.17. The summed E-state index contributed by atoms with van der Waals surface area (Å²) in [6.07, 6.45) is 4.44. The summed E-state index contributed by atoms with van der Waals surface area (Å²) >= 11 is 3.35. The molecule has 3 rings (SSSR count). The first-order chi connectivity index (χ1) is 10.8. The predicted molar refractivity (Wildman–Crippen MR) is 96.5 cm³/mol. The molecular formula is C17H20N2OS2. The van der Waals surface area contributed by atoms with E-state index in [0.29, 0.717) is 5.25 Å². The van der Waals surface area contributed by atoms with Crippen LogP contribution in [0.4, 0.5) is 5.82 Å². The second-order valence-electron chi connectivity index (χ2n) is 5.20. The van der Waals surface area contributed by atoms with Crippen LogP contribution in [-0.2, 0) is 4.18 Å². The highest BCUT2D eigenvalue weighted by molar-refractivity contribution is 7.98. The van der Waals surface area contributed by atoms with Gasteiger partial charge in [0.2, 0.25) is 0 Å². The molecule has 1 aliphatic heterocycles. The van der Waals surface area contributed by atoms with Crippen LogP contribution in [0.15, 0.2) is 47.4 Å². The molecule has 1 aliphatic rings. The summed E-state index contributed by atoms with van der Waals surface area (Å²) < 4.78 is 5.44. The lowest BCUT2D eigenvalue weighted by molar-refractivity contribution is 0.332. The lowest BCUT2D eigenvalue weighted by Crippen LogP contribution is -2.21. The molecule has 5 heteroatoms. The van der Waals surface area contributed by atoms with Crippen molar-refractivity contribution in [3.8, 4) is 11.3 Å². The Balaban J connectivity index is 1.66. The molecular weight excluding hydrogens is 312 g/mol. The maximum absolute atomic E-state index is 5.44. The van der Waals surface area contributed by atoms with Gasteiger partial charge in [0.25, 0.3) is 0 Å². The van der Waals surface area contributed by atoms with Crippen LogP contribution in [0.5, 0.6) is 0 Å². The van der Waals surface area contributed by atoms with Crippen molar-refractivity contribution >= 4 is 29.6 Å². The Labute approximate surface area is 140 Å². The van der Waals surface area contributed by atoms with E-state index in [9.17, 15) is 0 Å². The minimum Gasteiger partial charge on any atom is -0.369 e. The van der Waals surface area contributed by atoms with Gasteiger partial charge in [-0.1, -0.05) is 18.2 Å². The molecule has 22 heavy (non-hydrogen) atoms. The van der Waals surface area contributed by atoms with Crippen LogP contribution in [0.25, 0.3) is 11.3 Å². The summed E-state index contributed by atoms with van der Waals surface area (Å²) in [4.78, 5) is 5.99. The van der Waals surface area contributed by atoms with E-state index < -0.39 is 0 Å². The van der Waals surface area contributed by atoms with E-state index >= 15 is 0 Å². The fourth-order valence-electron chi connectivity index (χ4n) is 2.37. The number of benzene rings is 1. The third kappa shape index (κ3) is 4.18. The van der Waals surface area contributed by atoms with Gasteiger partial charge in [0.15, 0.2) is 0 Å². The highest BCUT2D eigenvalue weighted by Gasteiger charge is 2.15. The molecule has 2 heterocycles. The van der Waals surface area contributed by atoms with Gasteiger partial charge in [0, 0.05) is 22.3 Å². The monoisotopic (exact) mass is 332 g/mol. The molecule has 0 spiro atoms. The second kappa shape index (κ2) is 7.90. The molecule has 1 aromatic carbocycles. The van der Waals surface area contributed by atoms with Crippen LogP contribution in [0.2, 0.25) is 0 Å². The number of rotatable bonds is 5. The number of nitrogens with zero attached hydrogens (tertiary/aromatic N) is 1. The van der Waals surface area contributed by atoms with Crippen molar-refractivity contribution in [1.82, 2.24) is 4.98 Å². The molecule has 0 bridgehead atoms. The minimum absolute atomic E-state index is 0.514. The maximum Gasteiger partial charge on any atom is 0.126 e. The normalized spacial score (nSPS) is 18.1. The summed E-state index contributed by atoms with van der Waals surface area (Å²) in [6.45, 7) is 1.77. The van der Waals surface area contributed by atoms with Crippen LogP contribution >= 0.6 is 23.8 Å². The van der Waals surface area contributed by atoms with Crippen molar-refractivity contribution < 1.29 is 4.18 Å². The first-order valence-electron chi connectivity index (χ1n) is 7.49. The lowest BCUT2D eigenvalue weighted by Gasteiger charge is -2.21. The van der Waals surface area contributed by atoms with Gasteiger partial charge in [-0.3, -0.25) is 0 Å². The minimum atomic E-state index is 0.514. The SMILES string of the molecule is CSc1ccc(-c2cccc(NCC3CCCOS3)n2)cc1. The van der Waals surface area contributed by atoms with Crippen LogP contribution < -0.4 is 5.32 Å². The van der Waals surface area contributed by atoms with Crippen LogP contribution in [0.3, 0.4) is 0 Å². The van der Waals surface area contributed by atoms with Crippen LogP contribution in [-0.4, -0.2) is 29.6 Å². The molecule has 116 valence electrons. The Morgan fingerprint density at radius 2 is 2.14 bits per heavy atom. The van der Waals surface area contributed by atoms with Crippen LogP contribution in [0.1, 0.15) is 12.8 Å². The fraction of sp³-hybridized carbons (Fsp3) is 0.353. The van der Waals surface area contributed by atoms with Gasteiger partial charge in [-0.15, -0.1) is 11.8 Å². The van der Waals surface area contributed by atoms with E-state index in [0.717, 1.165) is 36.6 Å². The Morgan fingerprint density at radius 1 is 1.27 bits per heavy atom. The molecule has 0 aliphatic carbocycles. The molecule has 1 fully saturated rings. The number of thioether (sulfide) groups is 1. The molecule has 0 amide bonds. The van der Waals surface area contributed by atoms with Gasteiger partial charge in [0.1, 0.15) is 5.82 Å². The van der Waals surface area contributed by atoms with Gasteiger partial charge in [-0.05, 0) is 55.4 Å². The lowest BCUT2D eigenvalue weighted by atomic mass is 10.1. The van der Waals surface area contributed by atoms with Gasteiger partial charge < -0.3 is 9.50 Å². The molecule has 1 atom stereocenters. The molecule has 2 aromatic rings. The highest BCUT2D eigenvalue weighted by Crippen LogP contribution is 2.25. The summed E-state index contributed by atoms with van der Waals surface area (Å²) in [5, 5.41) is 3.94. The van der Waals surface area contributed by atoms with Gasteiger partial charge in [0.05, 0.1) is 12.3 Å². The van der Waals surface area contributed by atoms with Crippen molar-refractivity contribution in [2.24, 2.45) is 0 Å². The summed E-state index contributed by atoms with van der Waals surface area (Å²) in [5.74, 6) is 0.928. The third-order valence-corrected chi connectivity index (χ3v) is 5.32. The van der Waals surface area contributed by atoms with Gasteiger partial charge >= 0.3 is 0 Å². The molecule has 1 N–H and O–H groups in total. The molecule has 0 radical (unpaired) electrons. The zero-order valence-corrected chi connectivity index (χ0v) is 14.3. The largest absolute Gasteiger partial charge is 0.369 e. The standard InChI is InChI=1S/C17H20N2OS2/c1-21-14-9-7-13(8-10-14)16-5-2-6-17(19-16)18-12-15-4-3-11-20-22-15/h2,5-10,15H,3-4,11-12H2,1H3,(H,18,19). The first kappa shape index (κ1) is 15.7. The average molecular weight is 332 g/mol. The van der Waals surface area contributed by atoms with Crippen molar-refractivity contribution in [2.45, 2.75) is 23.0 Å². The predicted octanol–water partition coefficient (Wildman–Crippen LogP) is 4.71. The number of anilines is 1. The quantitative estimate of drug-likeness (QED) is 0.633. The number of hydrogen-bond acceptors (Lipinski definition) is 5. The molecule has 3 nitrogen and oxygen atoms in total. The fourth-order valence-corrected chi connectivity index (χ4v) is 3.60. The van der Waals surface area contributed by atoms with Crippen molar-refractivity contribution in [3.63, 3.8) is 0 Å². The smallest absolute Gasteiger partial charge is 0.126 e. The highest BCUT2D eigenvalue weighted by atomic mass is 32.2. The van der Waals surface area contributed by atoms with E-state index in [1.54, 1.807) is 23.8 Å². The Kier molecular flexibility index (Phi) is 5.64. The van der Waals surface area contributed by atoms with Crippen LogP contribution in [0, 0.1) is 0 Å². The van der Waals surface area contributed by atoms with E-state index in [-0.39, 0.29) is 0 Å². The zero-order chi connectivity index (χ0) is 15.2. The van der Waals surface area contributed by atoms with Crippen molar-refractivity contribution in [3.05, 3.63) is 42.5 Å². The topological polar surface area (TPSA) is 34.1 Å². The van der Waals surface area contributed by atoms with Crippen molar-refractivity contribution in [2.75, 3.05) is 24.7 Å². The first-order valence-corrected chi connectivity index (χ1v) is 9.52. The van der Waals surface area contributed by atoms with Gasteiger partial charge in [-0.25, -0.2) is 4.98 Å². The Morgan fingerprint density at radius 3 is 2.86 bits per heavy atom. The molecule has 1 unspecified atom stereocenters. The summed E-state index contributed by atoms with van der Waals surface area (Å²) in [7, 11) is 0. The summed E-state index contributed by atoms with van der Waals surface area (Å²) in [6, 6.07) is 14.7. The van der Waals surface area contributed by atoms with E-state index in [4.69, 9.17) is 9.17 Å². The average Bonchev–Trinajstić information content (AvgIpc) is 2.61. The molecule has 0 saturated carbocycles. The molecule has 1 aromatic heterocycles. The van der Waals surface area contributed by atoms with Gasteiger partial charge in [-0.2, -0.15) is 0 Å². The van der Waals surface area contributed by atoms with E-state index in [1.165, 1.54) is 11.3 Å². The zero-order valence-electron chi connectivity index (χ0n) is 12.6. The number of hydrogen-bond donors (Lipinski definition) is 1. The van der Waals surface area contributed by atoms with E-state index in [2.05, 4.69) is 48.0 Å². The number of aromatic nitrogens is 1.